The molecule has 4 N–H and O–H groups in total. The molecule has 1 aromatic carbocycles. The van der Waals surface area contributed by atoms with Gasteiger partial charge in [0, 0.05) is 29.2 Å². The van der Waals surface area contributed by atoms with Gasteiger partial charge in [0.05, 0.1) is 17.0 Å². The van der Waals surface area contributed by atoms with Crippen LogP contribution in [-0.2, 0) is 10.0 Å². The van der Waals surface area contributed by atoms with Crippen LogP contribution in [0.5, 0.6) is 0 Å². The van der Waals surface area contributed by atoms with Crippen molar-refractivity contribution >= 4 is 38.5 Å². The number of carbonyl (C=O) groups is 1. The predicted octanol–water partition coefficient (Wildman–Crippen LogP) is 3.95. The zero-order valence-corrected chi connectivity index (χ0v) is 21.1. The Morgan fingerprint density at radius 1 is 1.17 bits per heavy atom. The third-order valence-electron chi connectivity index (χ3n) is 6.57. The Morgan fingerprint density at radius 3 is 2.64 bits per heavy atom. The molecule has 1 amide bonds. The Labute approximate surface area is 209 Å². The summed E-state index contributed by atoms with van der Waals surface area (Å²) in [5.41, 5.74) is 8.10. The molecule has 5 rings (SSSR count). The molecule has 1 saturated heterocycles. The number of anilines is 2. The van der Waals surface area contributed by atoms with Crippen LogP contribution >= 0.6 is 0 Å². The molecule has 1 fully saturated rings. The standard InChI is InChI=1S/C26H28N6O3S/c1-16-14-26(2,3)32(15-16)24-18(25(33)31-36(34,35)22-9-6-12-28-23(22)27)10-11-20(30-24)21-13-17-7-4-5-8-19(17)29-21/h4-13,16,29H,14-15H2,1-3H3,(H2,27,28)(H,31,33)/t16-/m0/s1. The number of sulfonamides is 1. The highest BCUT2D eigenvalue weighted by Crippen LogP contribution is 2.38. The number of hydrogen-bond donors (Lipinski definition) is 3. The van der Waals surface area contributed by atoms with Gasteiger partial charge in [-0.1, -0.05) is 25.1 Å². The predicted molar refractivity (Wildman–Crippen MR) is 140 cm³/mol. The molecule has 0 aliphatic carbocycles. The average molecular weight is 505 g/mol. The molecule has 0 saturated carbocycles. The molecule has 0 spiro atoms. The first kappa shape index (κ1) is 23.8. The maximum Gasteiger partial charge on any atom is 0.268 e. The lowest BCUT2D eigenvalue weighted by Crippen LogP contribution is -2.41. The minimum Gasteiger partial charge on any atom is -0.383 e. The smallest absolute Gasteiger partial charge is 0.268 e. The second-order valence-corrected chi connectivity index (χ2v) is 11.5. The number of aromatic nitrogens is 3. The summed E-state index contributed by atoms with van der Waals surface area (Å²) >= 11 is 0. The molecule has 186 valence electrons. The largest absolute Gasteiger partial charge is 0.383 e. The maximum absolute atomic E-state index is 13.4. The van der Waals surface area contributed by atoms with Crippen molar-refractivity contribution in [1.29, 1.82) is 0 Å². The van der Waals surface area contributed by atoms with Crippen molar-refractivity contribution in [3.63, 3.8) is 0 Å². The normalized spacial score (nSPS) is 17.4. The molecule has 10 heteroatoms. The van der Waals surface area contributed by atoms with Gasteiger partial charge in [-0.25, -0.2) is 23.1 Å². The second kappa shape index (κ2) is 8.63. The van der Waals surface area contributed by atoms with Crippen LogP contribution in [0.25, 0.3) is 22.3 Å². The number of nitrogens with one attached hydrogen (secondary N) is 2. The minimum absolute atomic E-state index is 0.170. The van der Waals surface area contributed by atoms with E-state index in [1.807, 2.05) is 30.3 Å². The molecular formula is C26H28N6O3S. The summed E-state index contributed by atoms with van der Waals surface area (Å²) in [6.07, 6.45) is 2.30. The van der Waals surface area contributed by atoms with Gasteiger partial charge in [-0.2, -0.15) is 0 Å². The Balaban J connectivity index is 1.58. The number of amides is 1. The highest BCUT2D eigenvalue weighted by molar-refractivity contribution is 7.90. The minimum atomic E-state index is -4.24. The molecule has 0 unspecified atom stereocenters. The van der Waals surface area contributed by atoms with E-state index < -0.39 is 15.9 Å². The van der Waals surface area contributed by atoms with Crippen molar-refractivity contribution in [2.45, 2.75) is 37.6 Å². The van der Waals surface area contributed by atoms with Crippen molar-refractivity contribution in [3.05, 3.63) is 66.4 Å². The van der Waals surface area contributed by atoms with Crippen LogP contribution in [0.2, 0.25) is 0 Å². The third-order valence-corrected chi connectivity index (χ3v) is 7.95. The van der Waals surface area contributed by atoms with Crippen molar-refractivity contribution in [1.82, 2.24) is 19.7 Å². The first-order valence-corrected chi connectivity index (χ1v) is 13.2. The van der Waals surface area contributed by atoms with Gasteiger partial charge in [0.2, 0.25) is 0 Å². The first-order valence-electron chi connectivity index (χ1n) is 11.7. The van der Waals surface area contributed by atoms with Crippen LogP contribution < -0.4 is 15.4 Å². The maximum atomic E-state index is 13.4. The Bertz CT molecular complexity index is 1540. The van der Waals surface area contributed by atoms with Crippen LogP contribution in [-0.4, -0.2) is 41.4 Å². The third kappa shape index (κ3) is 4.28. The van der Waals surface area contributed by atoms with E-state index in [2.05, 4.69) is 40.4 Å². The summed E-state index contributed by atoms with van der Waals surface area (Å²) in [7, 11) is -4.24. The Kier molecular flexibility index (Phi) is 5.71. The number of carbonyl (C=O) groups excluding carboxylic acids is 1. The zero-order valence-electron chi connectivity index (χ0n) is 20.3. The van der Waals surface area contributed by atoms with Gasteiger partial charge in [-0.05, 0) is 62.6 Å². The van der Waals surface area contributed by atoms with Crippen LogP contribution in [0.4, 0.5) is 11.6 Å². The topological polar surface area (TPSA) is 134 Å². The van der Waals surface area contributed by atoms with Gasteiger partial charge in [-0.3, -0.25) is 4.79 Å². The lowest BCUT2D eigenvalue weighted by atomic mass is 9.97. The quantitative estimate of drug-likeness (QED) is 0.375. The van der Waals surface area contributed by atoms with E-state index in [0.717, 1.165) is 23.0 Å². The number of benzene rings is 1. The number of hydrogen-bond acceptors (Lipinski definition) is 7. The lowest BCUT2D eigenvalue weighted by Gasteiger charge is -2.34. The van der Waals surface area contributed by atoms with E-state index in [4.69, 9.17) is 10.7 Å². The van der Waals surface area contributed by atoms with Crippen molar-refractivity contribution < 1.29 is 13.2 Å². The van der Waals surface area contributed by atoms with E-state index in [1.165, 1.54) is 18.3 Å². The van der Waals surface area contributed by atoms with Crippen LogP contribution in [0.15, 0.2) is 65.7 Å². The van der Waals surface area contributed by atoms with E-state index in [1.54, 1.807) is 12.1 Å². The fourth-order valence-corrected chi connectivity index (χ4v) is 6.06. The van der Waals surface area contributed by atoms with Crippen LogP contribution in [0.1, 0.15) is 37.6 Å². The van der Waals surface area contributed by atoms with Gasteiger partial charge < -0.3 is 15.6 Å². The second-order valence-electron chi connectivity index (χ2n) is 9.89. The molecular weight excluding hydrogens is 476 g/mol. The van der Waals surface area contributed by atoms with Crippen molar-refractivity contribution in [2.24, 2.45) is 5.92 Å². The molecule has 36 heavy (non-hydrogen) atoms. The summed E-state index contributed by atoms with van der Waals surface area (Å²) in [5.74, 6) is -0.139. The molecule has 4 aromatic rings. The number of nitrogens with zero attached hydrogens (tertiary/aromatic N) is 3. The van der Waals surface area contributed by atoms with Crippen LogP contribution in [0.3, 0.4) is 0 Å². The lowest BCUT2D eigenvalue weighted by molar-refractivity contribution is 0.0981. The molecule has 1 aliphatic rings. The summed E-state index contributed by atoms with van der Waals surface area (Å²) in [5, 5.41) is 1.05. The van der Waals surface area contributed by atoms with Crippen molar-refractivity contribution in [3.8, 4) is 11.4 Å². The number of para-hydroxylation sites is 1. The molecule has 1 atom stereocenters. The van der Waals surface area contributed by atoms with E-state index in [0.29, 0.717) is 24.0 Å². The summed E-state index contributed by atoms with van der Waals surface area (Å²) in [6.45, 7) is 7.04. The highest BCUT2D eigenvalue weighted by Gasteiger charge is 2.39. The number of rotatable bonds is 5. The summed E-state index contributed by atoms with van der Waals surface area (Å²) in [6, 6.07) is 16.0. The van der Waals surface area contributed by atoms with E-state index in [9.17, 15) is 13.2 Å². The van der Waals surface area contributed by atoms with E-state index in [-0.39, 0.29) is 21.8 Å². The molecule has 0 bridgehead atoms. The van der Waals surface area contributed by atoms with Gasteiger partial charge in [0.15, 0.2) is 0 Å². The monoisotopic (exact) mass is 504 g/mol. The number of H-pyrrole nitrogens is 1. The molecule has 3 aromatic heterocycles. The number of aromatic amines is 1. The molecule has 4 heterocycles. The fourth-order valence-electron chi connectivity index (χ4n) is 5.01. The SMILES string of the molecule is C[C@@H]1CN(c2nc(-c3cc4ccccc4[nH]3)ccc2C(=O)NS(=O)(=O)c2cccnc2N)C(C)(C)C1. The molecule has 0 radical (unpaired) electrons. The van der Waals surface area contributed by atoms with Crippen LogP contribution in [0, 0.1) is 5.92 Å². The average Bonchev–Trinajstić information content (AvgIpc) is 3.37. The molecule has 9 nitrogen and oxygen atoms in total. The summed E-state index contributed by atoms with van der Waals surface area (Å²) < 4.78 is 28.0. The summed E-state index contributed by atoms with van der Waals surface area (Å²) in [4.78, 5) is 27.3. The first-order chi connectivity index (χ1) is 17.0. The van der Waals surface area contributed by atoms with Gasteiger partial charge >= 0.3 is 0 Å². The van der Waals surface area contributed by atoms with E-state index >= 15 is 0 Å². The number of pyridine rings is 2. The molecule has 1 aliphatic heterocycles. The van der Waals surface area contributed by atoms with Crippen molar-refractivity contribution in [2.75, 3.05) is 17.2 Å². The highest BCUT2D eigenvalue weighted by atomic mass is 32.2. The number of fused-ring (bicyclic) bond motifs is 1. The zero-order chi connectivity index (χ0) is 25.7. The van der Waals surface area contributed by atoms with Gasteiger partial charge in [-0.15, -0.1) is 0 Å². The number of nitrogen functional groups attached to an aromatic ring is 1. The van der Waals surface area contributed by atoms with Gasteiger partial charge in [0.25, 0.3) is 15.9 Å². The Hall–Kier alpha value is -3.92. The fraction of sp³-hybridized carbons (Fsp3) is 0.269. The Morgan fingerprint density at radius 2 is 1.94 bits per heavy atom. The van der Waals surface area contributed by atoms with Gasteiger partial charge in [0.1, 0.15) is 16.5 Å². The number of nitrogens with two attached hydrogens (primary N) is 1.